The van der Waals surface area contributed by atoms with E-state index in [1.165, 1.54) is 5.69 Å². The number of nitrogens with one attached hydrogen (secondary N) is 2. The van der Waals surface area contributed by atoms with Crippen molar-refractivity contribution in [3.8, 4) is 0 Å². The summed E-state index contributed by atoms with van der Waals surface area (Å²) in [4.78, 5) is 6.73. The highest BCUT2D eigenvalue weighted by Gasteiger charge is 2.23. The molecular weight excluding hydrogens is 523 g/mol. The Morgan fingerprint density at radius 3 is 2.85 bits per heavy atom. The molecule has 2 unspecified atom stereocenters. The van der Waals surface area contributed by atoms with Crippen LogP contribution in [0, 0.1) is 0 Å². The lowest BCUT2D eigenvalue weighted by Gasteiger charge is -2.20. The first kappa shape index (κ1) is 22.7. The second-order valence-corrected chi connectivity index (χ2v) is 7.68. The van der Waals surface area contributed by atoms with Crippen molar-refractivity contribution in [3.63, 3.8) is 0 Å². The van der Waals surface area contributed by atoms with E-state index in [9.17, 15) is 0 Å². The van der Waals surface area contributed by atoms with Crippen molar-refractivity contribution in [3.05, 3.63) is 28.7 Å². The maximum absolute atomic E-state index is 5.68. The van der Waals surface area contributed by atoms with Gasteiger partial charge >= 0.3 is 0 Å². The summed E-state index contributed by atoms with van der Waals surface area (Å²) in [5, 5.41) is 6.85. The molecule has 0 radical (unpaired) electrons. The average Bonchev–Trinajstić information content (AvgIpc) is 3.33. The summed E-state index contributed by atoms with van der Waals surface area (Å²) in [6.07, 6.45) is 3.66. The fraction of sp³-hybridized carbons (Fsp3) is 0.632. The van der Waals surface area contributed by atoms with Crippen LogP contribution in [0.1, 0.15) is 19.3 Å². The number of hydrogen-bond acceptors (Lipinski definition) is 4. The van der Waals surface area contributed by atoms with Crippen molar-refractivity contribution >= 4 is 51.6 Å². The van der Waals surface area contributed by atoms with Crippen LogP contribution in [0.25, 0.3) is 0 Å². The van der Waals surface area contributed by atoms with Crippen LogP contribution in [0.15, 0.2) is 33.7 Å². The Morgan fingerprint density at radius 1 is 1.33 bits per heavy atom. The zero-order valence-corrected chi connectivity index (χ0v) is 19.7. The van der Waals surface area contributed by atoms with Gasteiger partial charge < -0.3 is 25.0 Å². The fourth-order valence-electron chi connectivity index (χ4n) is 3.38. The summed E-state index contributed by atoms with van der Waals surface area (Å²) >= 11 is 3.49. The first-order valence-corrected chi connectivity index (χ1v) is 10.2. The summed E-state index contributed by atoms with van der Waals surface area (Å²) in [7, 11) is 1.81. The smallest absolute Gasteiger partial charge is 0.191 e. The number of hydrogen-bond donors (Lipinski definition) is 2. The van der Waals surface area contributed by atoms with E-state index in [1.807, 2.05) is 7.05 Å². The lowest BCUT2D eigenvalue weighted by atomic mass is 10.2. The number of halogens is 2. The summed E-state index contributed by atoms with van der Waals surface area (Å²) in [6.45, 7) is 5.02. The van der Waals surface area contributed by atoms with E-state index in [0.717, 1.165) is 55.9 Å². The minimum atomic E-state index is 0. The molecule has 0 aliphatic carbocycles. The van der Waals surface area contributed by atoms with Gasteiger partial charge in [-0.05, 0) is 43.5 Å². The summed E-state index contributed by atoms with van der Waals surface area (Å²) in [5.41, 5.74) is 1.27. The Morgan fingerprint density at radius 2 is 2.15 bits per heavy atom. The standard InChI is InChI=1S/C19H29BrN4O2.HI/c1-21-19(22-9-12-25-14-18-3-2-11-26-18)23-16-8-10-24(13-16)17-6-4-15(20)5-7-17;/h4-7,16,18H,2-3,8-14H2,1H3,(H2,21,22,23);1H. The van der Waals surface area contributed by atoms with Crippen LogP contribution < -0.4 is 15.5 Å². The molecule has 1 aromatic carbocycles. The van der Waals surface area contributed by atoms with Gasteiger partial charge in [-0.2, -0.15) is 0 Å². The number of ether oxygens (including phenoxy) is 2. The summed E-state index contributed by atoms with van der Waals surface area (Å²) in [5.74, 6) is 0.841. The predicted octanol–water partition coefficient (Wildman–Crippen LogP) is 3.01. The molecule has 1 aromatic rings. The summed E-state index contributed by atoms with van der Waals surface area (Å²) in [6, 6.07) is 8.90. The van der Waals surface area contributed by atoms with E-state index in [-0.39, 0.29) is 30.1 Å². The highest BCUT2D eigenvalue weighted by molar-refractivity contribution is 14.0. The Hall–Kier alpha value is -0.580. The molecule has 6 nitrogen and oxygen atoms in total. The third kappa shape index (κ3) is 7.40. The molecular formula is C19H30BrIN4O2. The molecule has 2 atom stereocenters. The zero-order valence-electron chi connectivity index (χ0n) is 15.8. The maximum atomic E-state index is 5.68. The largest absolute Gasteiger partial charge is 0.377 e. The molecule has 152 valence electrons. The van der Waals surface area contributed by atoms with E-state index in [2.05, 4.69) is 60.7 Å². The molecule has 0 amide bonds. The highest BCUT2D eigenvalue weighted by Crippen LogP contribution is 2.22. The Labute approximate surface area is 187 Å². The SMILES string of the molecule is CN=C(NCCOCC1CCCO1)NC1CCN(c2ccc(Br)cc2)C1.I. The number of anilines is 1. The van der Waals surface area contributed by atoms with Crippen LogP contribution in [-0.4, -0.2) is 64.6 Å². The van der Waals surface area contributed by atoms with Gasteiger partial charge in [-0.25, -0.2) is 0 Å². The molecule has 2 saturated heterocycles. The van der Waals surface area contributed by atoms with Gasteiger partial charge in [0.1, 0.15) is 0 Å². The van der Waals surface area contributed by atoms with E-state index in [4.69, 9.17) is 9.47 Å². The minimum Gasteiger partial charge on any atom is -0.377 e. The molecule has 0 spiro atoms. The summed E-state index contributed by atoms with van der Waals surface area (Å²) < 4.78 is 12.4. The molecule has 3 rings (SSSR count). The van der Waals surface area contributed by atoms with Crippen LogP contribution in [0.3, 0.4) is 0 Å². The molecule has 0 bridgehead atoms. The quantitative estimate of drug-likeness (QED) is 0.236. The van der Waals surface area contributed by atoms with E-state index >= 15 is 0 Å². The Kier molecular flexibility index (Phi) is 10.2. The van der Waals surface area contributed by atoms with E-state index < -0.39 is 0 Å². The molecule has 2 fully saturated rings. The fourth-order valence-corrected chi connectivity index (χ4v) is 3.65. The van der Waals surface area contributed by atoms with Crippen LogP contribution in [0.4, 0.5) is 5.69 Å². The first-order valence-electron chi connectivity index (χ1n) is 9.41. The van der Waals surface area contributed by atoms with Gasteiger partial charge in [-0.3, -0.25) is 4.99 Å². The van der Waals surface area contributed by atoms with E-state index in [0.29, 0.717) is 19.3 Å². The third-order valence-electron chi connectivity index (χ3n) is 4.81. The molecule has 2 N–H and O–H groups in total. The number of nitrogens with zero attached hydrogens (tertiary/aromatic N) is 2. The topological polar surface area (TPSA) is 58.1 Å². The van der Waals surface area contributed by atoms with Crippen molar-refractivity contribution < 1.29 is 9.47 Å². The van der Waals surface area contributed by atoms with Gasteiger partial charge in [-0.1, -0.05) is 15.9 Å². The van der Waals surface area contributed by atoms with Gasteiger partial charge in [0.2, 0.25) is 0 Å². The molecule has 2 aliphatic rings. The van der Waals surface area contributed by atoms with Gasteiger partial charge in [0.05, 0.1) is 19.3 Å². The lowest BCUT2D eigenvalue weighted by molar-refractivity contribution is 0.0191. The molecule has 0 aromatic heterocycles. The highest BCUT2D eigenvalue weighted by atomic mass is 127. The van der Waals surface area contributed by atoms with Crippen LogP contribution in [-0.2, 0) is 9.47 Å². The monoisotopic (exact) mass is 552 g/mol. The van der Waals surface area contributed by atoms with Gasteiger partial charge in [-0.15, -0.1) is 24.0 Å². The molecule has 0 saturated carbocycles. The lowest BCUT2D eigenvalue weighted by Crippen LogP contribution is -2.45. The third-order valence-corrected chi connectivity index (χ3v) is 5.34. The normalized spacial score (nSPS) is 22.6. The number of aliphatic imine (C=N–C) groups is 1. The second kappa shape index (κ2) is 12.1. The van der Waals surface area contributed by atoms with Gasteiger partial charge in [0.15, 0.2) is 5.96 Å². The van der Waals surface area contributed by atoms with Crippen LogP contribution in [0.5, 0.6) is 0 Å². The van der Waals surface area contributed by atoms with Gasteiger partial charge in [0, 0.05) is 49.5 Å². The minimum absolute atomic E-state index is 0. The zero-order chi connectivity index (χ0) is 18.2. The Bertz CT molecular complexity index is 582. The van der Waals surface area contributed by atoms with Crippen molar-refractivity contribution in [2.24, 2.45) is 4.99 Å². The van der Waals surface area contributed by atoms with Gasteiger partial charge in [0.25, 0.3) is 0 Å². The molecule has 27 heavy (non-hydrogen) atoms. The molecule has 8 heteroatoms. The van der Waals surface area contributed by atoms with Crippen molar-refractivity contribution in [2.45, 2.75) is 31.4 Å². The predicted molar refractivity (Wildman–Crippen MR) is 124 cm³/mol. The Balaban J connectivity index is 0.00000261. The number of rotatable bonds is 7. The van der Waals surface area contributed by atoms with E-state index in [1.54, 1.807) is 0 Å². The average molecular weight is 553 g/mol. The number of benzene rings is 1. The van der Waals surface area contributed by atoms with Crippen molar-refractivity contribution in [1.82, 2.24) is 10.6 Å². The van der Waals surface area contributed by atoms with Crippen LogP contribution >= 0.6 is 39.9 Å². The van der Waals surface area contributed by atoms with Crippen LogP contribution in [0.2, 0.25) is 0 Å². The van der Waals surface area contributed by atoms with Crippen molar-refractivity contribution in [1.29, 1.82) is 0 Å². The first-order chi connectivity index (χ1) is 12.7. The maximum Gasteiger partial charge on any atom is 0.191 e. The van der Waals surface area contributed by atoms with Crippen molar-refractivity contribution in [2.75, 3.05) is 51.4 Å². The second-order valence-electron chi connectivity index (χ2n) is 6.76. The number of guanidine groups is 1. The molecule has 2 aliphatic heterocycles. The molecule has 2 heterocycles.